The maximum Gasteiger partial charge on any atom is 0.416 e. The predicted octanol–water partition coefficient (Wildman–Crippen LogP) is 3.10. The van der Waals surface area contributed by atoms with Crippen LogP contribution in [0.25, 0.3) is 0 Å². The molecule has 2 heterocycles. The van der Waals surface area contributed by atoms with Gasteiger partial charge >= 0.3 is 11.9 Å². The van der Waals surface area contributed by atoms with Crippen molar-refractivity contribution in [1.82, 2.24) is 14.5 Å². The molecule has 0 saturated carbocycles. The molecule has 0 aliphatic carbocycles. The monoisotopic (exact) mass is 534 g/mol. The summed E-state index contributed by atoms with van der Waals surface area (Å²) < 4.78 is 58.0. The van der Waals surface area contributed by atoms with Crippen LogP contribution in [0.5, 0.6) is 0 Å². The van der Waals surface area contributed by atoms with Gasteiger partial charge in [-0.05, 0) is 30.5 Å². The number of halogens is 4. The van der Waals surface area contributed by atoms with E-state index in [0.29, 0.717) is 13.1 Å². The van der Waals surface area contributed by atoms with Crippen LogP contribution in [0, 0.1) is 12.7 Å². The summed E-state index contributed by atoms with van der Waals surface area (Å²) in [5.41, 5.74) is -2.08. The van der Waals surface area contributed by atoms with Crippen molar-refractivity contribution in [3.05, 3.63) is 97.6 Å². The molecule has 1 aliphatic heterocycles. The molecule has 4 rings (SSSR count). The van der Waals surface area contributed by atoms with Gasteiger partial charge < -0.3 is 15.3 Å². The Labute approximate surface area is 217 Å². The number of nitrogens with zero attached hydrogens (tertiary/aromatic N) is 3. The number of hydrogen-bond acceptors (Lipinski definition) is 5. The van der Waals surface area contributed by atoms with E-state index in [1.54, 1.807) is 4.90 Å². The van der Waals surface area contributed by atoms with E-state index in [2.05, 4.69) is 5.32 Å². The summed E-state index contributed by atoms with van der Waals surface area (Å²) in [6, 6.07) is 11.6. The number of nitrogens with one attached hydrogen (secondary N) is 1. The van der Waals surface area contributed by atoms with E-state index in [1.807, 2.05) is 37.3 Å². The lowest BCUT2D eigenvalue weighted by Crippen LogP contribution is -2.55. The normalized spacial score (nSPS) is 17.0. The number of aliphatic hydroxyl groups excluding tert-OH is 1. The fourth-order valence-corrected chi connectivity index (χ4v) is 4.95. The van der Waals surface area contributed by atoms with Crippen molar-refractivity contribution in [2.45, 2.75) is 45.1 Å². The predicted molar refractivity (Wildman–Crippen MR) is 136 cm³/mol. The van der Waals surface area contributed by atoms with E-state index in [1.165, 1.54) is 6.92 Å². The molecule has 0 radical (unpaired) electrons. The molecule has 0 bridgehead atoms. The van der Waals surface area contributed by atoms with Crippen molar-refractivity contribution in [2.24, 2.45) is 0 Å². The van der Waals surface area contributed by atoms with Crippen LogP contribution in [-0.2, 0) is 19.3 Å². The molecule has 2 N–H and O–H groups in total. The SMILES string of the molecule is Cc1c(N2CCNC(CO)C2)c(=O)n(C[C@H](C)c2ccccc2)c(=O)n1Cc1c(F)cccc1C(F)(F)F. The average molecular weight is 535 g/mol. The van der Waals surface area contributed by atoms with Gasteiger partial charge in [-0.15, -0.1) is 0 Å². The van der Waals surface area contributed by atoms with E-state index in [0.717, 1.165) is 32.9 Å². The van der Waals surface area contributed by atoms with Crippen LogP contribution in [0.4, 0.5) is 23.2 Å². The quantitative estimate of drug-likeness (QED) is 0.456. The van der Waals surface area contributed by atoms with Crippen LogP contribution >= 0.6 is 0 Å². The summed E-state index contributed by atoms with van der Waals surface area (Å²) in [5.74, 6) is -1.36. The Morgan fingerprint density at radius 2 is 1.79 bits per heavy atom. The molecule has 2 atom stereocenters. The van der Waals surface area contributed by atoms with E-state index < -0.39 is 40.9 Å². The van der Waals surface area contributed by atoms with Crippen LogP contribution in [0.15, 0.2) is 58.1 Å². The summed E-state index contributed by atoms with van der Waals surface area (Å²) in [7, 11) is 0. The summed E-state index contributed by atoms with van der Waals surface area (Å²) in [6.45, 7) is 3.51. The molecule has 1 unspecified atom stereocenters. The molecule has 1 aliphatic rings. The van der Waals surface area contributed by atoms with Crippen LogP contribution in [0.2, 0.25) is 0 Å². The second-order valence-electron chi connectivity index (χ2n) is 9.57. The zero-order valence-electron chi connectivity index (χ0n) is 21.1. The summed E-state index contributed by atoms with van der Waals surface area (Å²) in [4.78, 5) is 29.1. The highest BCUT2D eigenvalue weighted by Gasteiger charge is 2.35. The zero-order valence-corrected chi connectivity index (χ0v) is 21.1. The van der Waals surface area contributed by atoms with Gasteiger partial charge in [0.1, 0.15) is 11.5 Å². The van der Waals surface area contributed by atoms with Crippen LogP contribution in [-0.4, -0.2) is 46.5 Å². The zero-order chi connectivity index (χ0) is 27.6. The van der Waals surface area contributed by atoms with Crippen molar-refractivity contribution in [2.75, 3.05) is 31.1 Å². The lowest BCUT2D eigenvalue weighted by Gasteiger charge is -2.35. The van der Waals surface area contributed by atoms with Gasteiger partial charge in [0, 0.05) is 43.5 Å². The fourth-order valence-electron chi connectivity index (χ4n) is 4.95. The Hall–Kier alpha value is -3.44. The minimum atomic E-state index is -4.83. The summed E-state index contributed by atoms with van der Waals surface area (Å²) >= 11 is 0. The highest BCUT2D eigenvalue weighted by molar-refractivity contribution is 5.50. The van der Waals surface area contributed by atoms with Gasteiger partial charge in [0.25, 0.3) is 5.56 Å². The third-order valence-electron chi connectivity index (χ3n) is 7.01. The Balaban J connectivity index is 1.89. The first kappa shape index (κ1) is 27.6. The Bertz CT molecular complexity index is 1400. The molecule has 11 heteroatoms. The first-order chi connectivity index (χ1) is 18.0. The number of rotatable bonds is 7. The molecule has 1 fully saturated rings. The Kier molecular flexibility index (Phi) is 8.08. The van der Waals surface area contributed by atoms with Gasteiger partial charge in [-0.2, -0.15) is 13.2 Å². The highest BCUT2D eigenvalue weighted by atomic mass is 19.4. The highest BCUT2D eigenvalue weighted by Crippen LogP contribution is 2.33. The standard InChI is InChI=1S/C27H30F4N4O3/c1-17(19-7-4-3-5-8-19)13-35-25(37)24(33-12-11-32-20(14-33)16-36)18(2)34(26(35)38)15-21-22(27(29,30)31)9-6-10-23(21)28/h3-10,17,20,32,36H,11-16H2,1-2H3/t17-,20?/m0/s1. The Morgan fingerprint density at radius 3 is 2.45 bits per heavy atom. The minimum absolute atomic E-state index is 0.0200. The Morgan fingerprint density at radius 1 is 1.08 bits per heavy atom. The van der Waals surface area contributed by atoms with Crippen LogP contribution < -0.4 is 21.5 Å². The maximum absolute atomic E-state index is 14.8. The van der Waals surface area contributed by atoms with Crippen molar-refractivity contribution < 1.29 is 22.7 Å². The fraction of sp³-hybridized carbons (Fsp3) is 0.407. The lowest BCUT2D eigenvalue weighted by atomic mass is 10.0. The average Bonchev–Trinajstić information content (AvgIpc) is 2.89. The van der Waals surface area contributed by atoms with Gasteiger partial charge in [0.05, 0.1) is 18.7 Å². The molecule has 1 aromatic heterocycles. The smallest absolute Gasteiger partial charge is 0.395 e. The maximum atomic E-state index is 14.8. The second kappa shape index (κ2) is 11.1. The molecule has 0 spiro atoms. The van der Waals surface area contributed by atoms with Gasteiger partial charge in [0.15, 0.2) is 0 Å². The van der Waals surface area contributed by atoms with Crippen molar-refractivity contribution >= 4 is 5.69 Å². The molecule has 1 saturated heterocycles. The van der Waals surface area contributed by atoms with Crippen molar-refractivity contribution in [3.63, 3.8) is 0 Å². The second-order valence-corrected chi connectivity index (χ2v) is 9.57. The molecule has 38 heavy (non-hydrogen) atoms. The van der Waals surface area contributed by atoms with Gasteiger partial charge in [0.2, 0.25) is 0 Å². The topological polar surface area (TPSA) is 79.5 Å². The van der Waals surface area contributed by atoms with Gasteiger partial charge in [-0.25, -0.2) is 9.18 Å². The van der Waals surface area contributed by atoms with Gasteiger partial charge in [-0.1, -0.05) is 43.3 Å². The molecule has 2 aromatic carbocycles. The number of aliphatic hydroxyl groups is 1. The number of anilines is 1. The van der Waals surface area contributed by atoms with Gasteiger partial charge in [-0.3, -0.25) is 13.9 Å². The van der Waals surface area contributed by atoms with E-state index in [9.17, 15) is 32.3 Å². The van der Waals surface area contributed by atoms with E-state index in [4.69, 9.17) is 0 Å². The van der Waals surface area contributed by atoms with Crippen molar-refractivity contribution in [3.8, 4) is 0 Å². The number of hydrogen-bond donors (Lipinski definition) is 2. The largest absolute Gasteiger partial charge is 0.416 e. The number of alkyl halides is 3. The molecule has 204 valence electrons. The minimum Gasteiger partial charge on any atom is -0.395 e. The lowest BCUT2D eigenvalue weighted by molar-refractivity contribution is -0.138. The molecular weight excluding hydrogens is 504 g/mol. The van der Waals surface area contributed by atoms with E-state index in [-0.39, 0.29) is 43.0 Å². The number of aromatic nitrogens is 2. The number of benzene rings is 2. The van der Waals surface area contributed by atoms with Crippen LogP contribution in [0.3, 0.4) is 0 Å². The first-order valence-electron chi connectivity index (χ1n) is 12.4. The molecule has 0 amide bonds. The number of piperazine rings is 1. The third kappa shape index (κ3) is 5.53. The molecular formula is C27H30F4N4O3. The third-order valence-corrected chi connectivity index (χ3v) is 7.01. The van der Waals surface area contributed by atoms with Crippen molar-refractivity contribution in [1.29, 1.82) is 0 Å². The molecule has 7 nitrogen and oxygen atoms in total. The summed E-state index contributed by atoms with van der Waals surface area (Å²) in [5, 5.41) is 12.8. The molecule has 3 aromatic rings. The first-order valence-corrected chi connectivity index (χ1v) is 12.4. The van der Waals surface area contributed by atoms with E-state index >= 15 is 0 Å². The summed E-state index contributed by atoms with van der Waals surface area (Å²) in [6.07, 6.45) is -4.83. The van der Waals surface area contributed by atoms with Crippen LogP contribution in [0.1, 0.15) is 35.2 Å².